The third-order valence-electron chi connectivity index (χ3n) is 12.3. The maximum Gasteiger partial charge on any atom is 0.309 e. The van der Waals surface area contributed by atoms with E-state index in [1.165, 1.54) is 35.1 Å². The Morgan fingerprint density at radius 3 is 1.48 bits per heavy atom. The summed E-state index contributed by atoms with van der Waals surface area (Å²) in [7, 11) is 0. The monoisotopic (exact) mass is 897 g/mol. The predicted octanol–water partition coefficient (Wildman–Crippen LogP) is 11.1. The van der Waals surface area contributed by atoms with Gasteiger partial charge in [-0.05, 0) is 72.2 Å². The number of aromatic nitrogens is 4. The number of halogens is 1. The maximum absolute atomic E-state index is 13.0. The molecule has 2 aliphatic carbocycles. The molecule has 65 heavy (non-hydrogen) atoms. The van der Waals surface area contributed by atoms with Gasteiger partial charge in [-0.1, -0.05) is 169 Å². The minimum Gasteiger partial charge on any atom is -0.481 e. The topological polar surface area (TPSA) is 105 Å². The zero-order chi connectivity index (χ0) is 44.5. The largest absolute Gasteiger partial charge is 0.481 e. The first-order valence-electron chi connectivity index (χ1n) is 22.7. The Hall–Kier alpha value is -6.03. The third-order valence-corrected chi connectivity index (χ3v) is 12.3. The molecule has 4 aliphatic rings. The molecule has 2 aliphatic heterocycles. The molecule has 0 bridgehead atoms. The summed E-state index contributed by atoms with van der Waals surface area (Å²) in [4.78, 5) is 33.9. The van der Waals surface area contributed by atoms with Crippen molar-refractivity contribution in [2.45, 2.75) is 97.6 Å². The van der Waals surface area contributed by atoms with Gasteiger partial charge in [-0.2, -0.15) is 0 Å². The number of rotatable bonds is 8. The van der Waals surface area contributed by atoms with Crippen molar-refractivity contribution in [3.63, 3.8) is 0 Å². The average Bonchev–Trinajstić information content (AvgIpc) is 4.14. The summed E-state index contributed by atoms with van der Waals surface area (Å²) in [6, 6.07) is 37.6. The molecule has 6 aromatic rings. The van der Waals surface area contributed by atoms with E-state index in [9.17, 15) is 9.59 Å². The molecule has 10 heteroatoms. The Kier molecular flexibility index (Phi) is 20.2. The van der Waals surface area contributed by atoms with E-state index in [-0.39, 0.29) is 37.6 Å². The molecule has 0 unspecified atom stereocenters. The fourth-order valence-electron chi connectivity index (χ4n) is 9.03. The molecule has 2 spiro atoms. The number of carboxylic acids is 1. The summed E-state index contributed by atoms with van der Waals surface area (Å²) in [5.41, 5.74) is 10.2. The van der Waals surface area contributed by atoms with Gasteiger partial charge in [-0.25, -0.2) is 9.97 Å². The summed E-state index contributed by atoms with van der Waals surface area (Å²) in [6.07, 6.45) is 21.1. The zero-order valence-corrected chi connectivity index (χ0v) is 38.7. The van der Waals surface area contributed by atoms with Gasteiger partial charge < -0.3 is 24.5 Å². The van der Waals surface area contributed by atoms with Crippen LogP contribution in [0.1, 0.15) is 106 Å². The Balaban J connectivity index is 0.000000219. The van der Waals surface area contributed by atoms with Gasteiger partial charge >= 0.3 is 5.97 Å². The molecular weight excluding hydrogens is 828 g/mol. The van der Waals surface area contributed by atoms with Gasteiger partial charge in [0.15, 0.2) is 0 Å². The molecule has 344 valence electrons. The van der Waals surface area contributed by atoms with E-state index in [0.29, 0.717) is 18.4 Å². The standard InChI is InChI=1S/C25H25N3O.C13H15N.C12H12N2O2.2C2H6.CH4.ClH/c29-24(16-22-17-26-19-28(22)18-20-6-2-1-3-7-20)27-14-12-25(13-15-27)11-10-21-8-4-5-9-23(21)25;1-2-4-12-11(3-1)5-6-13(12)7-9-14-10-8-13;15-12(16)6-11-7-13-9-14(11)8-10-4-2-1-3-5-10;2*1-2;;/h1-11,17,19H,12-16,18H2;1-6,14H,7-10H2;1-5,7,9H,6,8H2,(H,15,16);2*1-2H3;1H4;1H. The lowest BCUT2D eigenvalue weighted by Gasteiger charge is -2.39. The van der Waals surface area contributed by atoms with Crippen molar-refractivity contribution in [1.82, 2.24) is 29.3 Å². The van der Waals surface area contributed by atoms with Crippen LogP contribution in [0.4, 0.5) is 0 Å². The van der Waals surface area contributed by atoms with Crippen molar-refractivity contribution in [3.8, 4) is 0 Å². The van der Waals surface area contributed by atoms with Crippen LogP contribution in [0.3, 0.4) is 0 Å². The minimum absolute atomic E-state index is 0. The smallest absolute Gasteiger partial charge is 0.309 e. The van der Waals surface area contributed by atoms with Crippen LogP contribution in [0.25, 0.3) is 12.2 Å². The Labute approximate surface area is 393 Å². The number of piperidine rings is 2. The van der Waals surface area contributed by atoms with Gasteiger partial charge in [0.1, 0.15) is 0 Å². The summed E-state index contributed by atoms with van der Waals surface area (Å²) in [5.74, 6) is -0.639. The van der Waals surface area contributed by atoms with Gasteiger partial charge in [0.2, 0.25) is 5.91 Å². The lowest BCUT2D eigenvalue weighted by Crippen LogP contribution is -2.44. The second-order valence-corrected chi connectivity index (χ2v) is 16.0. The van der Waals surface area contributed by atoms with E-state index in [2.05, 4.69) is 105 Å². The molecule has 1 amide bonds. The van der Waals surface area contributed by atoms with Gasteiger partial charge in [0.05, 0.1) is 25.5 Å². The molecule has 0 radical (unpaired) electrons. The van der Waals surface area contributed by atoms with E-state index in [4.69, 9.17) is 5.11 Å². The van der Waals surface area contributed by atoms with Gasteiger partial charge in [0, 0.05) is 60.8 Å². The lowest BCUT2D eigenvalue weighted by atomic mass is 9.74. The summed E-state index contributed by atoms with van der Waals surface area (Å²) >= 11 is 0. The number of carboxylic acid groups (broad SMARTS) is 1. The average molecular weight is 898 g/mol. The van der Waals surface area contributed by atoms with Crippen LogP contribution >= 0.6 is 12.4 Å². The fraction of sp³-hybridized carbons (Fsp3) is 0.345. The summed E-state index contributed by atoms with van der Waals surface area (Å²) < 4.78 is 3.93. The number of hydrogen-bond donors (Lipinski definition) is 2. The summed E-state index contributed by atoms with van der Waals surface area (Å²) in [5, 5.41) is 12.2. The number of benzene rings is 4. The minimum atomic E-state index is -0.838. The second kappa shape index (κ2) is 25.5. The van der Waals surface area contributed by atoms with Gasteiger partial charge in [0.25, 0.3) is 0 Å². The first-order chi connectivity index (χ1) is 30.9. The van der Waals surface area contributed by atoms with Crippen molar-refractivity contribution < 1.29 is 14.7 Å². The number of imidazole rings is 2. The van der Waals surface area contributed by atoms with E-state index < -0.39 is 5.97 Å². The molecule has 2 fully saturated rings. The number of amides is 1. The molecule has 10 rings (SSSR count). The number of likely N-dealkylation sites (tertiary alicyclic amines) is 1. The molecule has 4 heterocycles. The van der Waals surface area contributed by atoms with Crippen LogP contribution in [-0.4, -0.2) is 67.2 Å². The van der Waals surface area contributed by atoms with E-state index in [0.717, 1.165) is 62.5 Å². The van der Waals surface area contributed by atoms with Crippen LogP contribution in [0.15, 0.2) is 146 Å². The number of allylic oxidation sites excluding steroid dienone is 2. The third kappa shape index (κ3) is 13.0. The first kappa shape index (κ1) is 51.6. The molecule has 9 nitrogen and oxygen atoms in total. The van der Waals surface area contributed by atoms with Crippen LogP contribution in [-0.2, 0) is 46.4 Å². The van der Waals surface area contributed by atoms with E-state index >= 15 is 0 Å². The predicted molar refractivity (Wildman–Crippen MR) is 269 cm³/mol. The van der Waals surface area contributed by atoms with Crippen LogP contribution in [0, 0.1) is 0 Å². The molecule has 0 saturated carbocycles. The normalized spacial score (nSPS) is 15.1. The quantitative estimate of drug-likeness (QED) is 0.158. The zero-order valence-electron chi connectivity index (χ0n) is 37.9. The summed E-state index contributed by atoms with van der Waals surface area (Å²) in [6.45, 7) is 13.3. The van der Waals surface area contributed by atoms with Crippen LogP contribution in [0.2, 0.25) is 0 Å². The van der Waals surface area contributed by atoms with Crippen LogP contribution in [0.5, 0.6) is 0 Å². The highest BCUT2D eigenvalue weighted by Crippen LogP contribution is 2.44. The SMILES string of the molecule is C.C1=CC2(CCNCC2)c2ccccc21.CC.CC.Cl.O=C(Cc1cncn1Cc1ccccc1)N1CCC2(C=Cc3ccccc32)CC1.O=C(O)Cc1cncn1Cc1ccccc1. The number of nitrogens with zero attached hydrogens (tertiary/aromatic N) is 5. The number of nitrogens with one attached hydrogen (secondary N) is 1. The highest BCUT2D eigenvalue weighted by Gasteiger charge is 2.39. The molecule has 4 aromatic carbocycles. The second-order valence-electron chi connectivity index (χ2n) is 16.0. The Morgan fingerprint density at radius 2 is 1.02 bits per heavy atom. The van der Waals surface area contributed by atoms with Crippen molar-refractivity contribution in [2.75, 3.05) is 26.2 Å². The molecular formula is C55H69ClN6O3. The highest BCUT2D eigenvalue weighted by molar-refractivity contribution is 5.85. The number of hydrogen-bond acceptors (Lipinski definition) is 5. The number of carbonyl (C=O) groups is 2. The van der Waals surface area contributed by atoms with Crippen molar-refractivity contribution in [3.05, 3.63) is 191 Å². The lowest BCUT2D eigenvalue weighted by molar-refractivity contribution is -0.136. The molecule has 2 aromatic heterocycles. The Morgan fingerprint density at radius 1 is 0.600 bits per heavy atom. The fourth-order valence-corrected chi connectivity index (χ4v) is 9.03. The number of aliphatic carboxylic acids is 1. The van der Waals surface area contributed by atoms with E-state index in [1.54, 1.807) is 18.1 Å². The van der Waals surface area contributed by atoms with Gasteiger partial charge in [-0.15, -0.1) is 12.4 Å². The van der Waals surface area contributed by atoms with Crippen LogP contribution < -0.4 is 5.32 Å². The molecule has 2 N–H and O–H groups in total. The molecule has 0 atom stereocenters. The number of carbonyl (C=O) groups excluding carboxylic acids is 1. The van der Waals surface area contributed by atoms with Gasteiger partial charge in [-0.3, -0.25) is 9.59 Å². The van der Waals surface area contributed by atoms with Crippen molar-refractivity contribution in [1.29, 1.82) is 0 Å². The highest BCUT2D eigenvalue weighted by atomic mass is 35.5. The number of fused-ring (bicyclic) bond motifs is 4. The molecule has 2 saturated heterocycles. The maximum atomic E-state index is 13.0. The van der Waals surface area contributed by atoms with Crippen molar-refractivity contribution in [2.24, 2.45) is 0 Å². The van der Waals surface area contributed by atoms with Crippen molar-refractivity contribution >= 4 is 36.4 Å². The first-order valence-corrected chi connectivity index (χ1v) is 22.7. The van der Waals surface area contributed by atoms with E-state index in [1.807, 2.05) is 98.2 Å². The Bertz CT molecular complexity index is 2410.